The Hall–Kier alpha value is -1.81. The number of H-pyrrole nitrogens is 1. The Morgan fingerprint density at radius 3 is 2.89 bits per heavy atom. The van der Waals surface area contributed by atoms with Gasteiger partial charge in [0, 0.05) is 22.7 Å². The Morgan fingerprint density at radius 1 is 1.16 bits per heavy atom. The lowest BCUT2D eigenvalue weighted by molar-refractivity contribution is 0.629. The highest BCUT2D eigenvalue weighted by Gasteiger charge is 2.06. The molecule has 2 aromatic carbocycles. The van der Waals surface area contributed by atoms with Gasteiger partial charge in [-0.15, -0.1) is 0 Å². The summed E-state index contributed by atoms with van der Waals surface area (Å²) in [5, 5.41) is 4.28. The van der Waals surface area contributed by atoms with E-state index in [9.17, 15) is 4.39 Å². The van der Waals surface area contributed by atoms with Gasteiger partial charge in [-0.2, -0.15) is 0 Å². The van der Waals surface area contributed by atoms with E-state index in [0.717, 1.165) is 20.9 Å². The molecule has 2 nitrogen and oxygen atoms in total. The molecule has 0 fully saturated rings. The minimum absolute atomic E-state index is 0.253. The molecule has 0 bridgehead atoms. The van der Waals surface area contributed by atoms with Crippen LogP contribution in [0.25, 0.3) is 10.9 Å². The molecule has 0 aliphatic heterocycles. The first-order valence-electron chi connectivity index (χ1n) is 5.98. The molecular formula is C15H12BrFN2. The van der Waals surface area contributed by atoms with Gasteiger partial charge in [0.05, 0.1) is 5.69 Å². The second kappa shape index (κ2) is 5.05. The number of nitrogens with one attached hydrogen (secondary N) is 2. The van der Waals surface area contributed by atoms with E-state index in [-0.39, 0.29) is 5.82 Å². The van der Waals surface area contributed by atoms with Gasteiger partial charge in [0.25, 0.3) is 0 Å². The Labute approximate surface area is 118 Å². The van der Waals surface area contributed by atoms with Crippen LogP contribution in [0.1, 0.15) is 5.56 Å². The largest absolute Gasteiger partial charge is 0.378 e. The van der Waals surface area contributed by atoms with Crippen LogP contribution in [-0.4, -0.2) is 4.98 Å². The van der Waals surface area contributed by atoms with Crippen molar-refractivity contribution in [1.82, 2.24) is 4.98 Å². The van der Waals surface area contributed by atoms with Gasteiger partial charge in [-0.05, 0) is 57.2 Å². The Morgan fingerprint density at radius 2 is 2.05 bits per heavy atom. The van der Waals surface area contributed by atoms with Gasteiger partial charge in [0.15, 0.2) is 0 Å². The van der Waals surface area contributed by atoms with Crippen LogP contribution in [0.15, 0.2) is 53.1 Å². The molecule has 19 heavy (non-hydrogen) atoms. The fourth-order valence-corrected chi connectivity index (χ4v) is 2.55. The summed E-state index contributed by atoms with van der Waals surface area (Å²) in [7, 11) is 0. The van der Waals surface area contributed by atoms with E-state index in [1.54, 1.807) is 6.07 Å². The van der Waals surface area contributed by atoms with Crippen LogP contribution in [0.4, 0.5) is 10.1 Å². The van der Waals surface area contributed by atoms with Crippen molar-refractivity contribution in [2.45, 2.75) is 6.54 Å². The lowest BCUT2D eigenvalue weighted by Gasteiger charge is -2.09. The monoisotopic (exact) mass is 318 g/mol. The highest BCUT2D eigenvalue weighted by Crippen LogP contribution is 2.26. The molecule has 3 rings (SSSR count). The van der Waals surface area contributed by atoms with Crippen molar-refractivity contribution in [1.29, 1.82) is 0 Å². The number of hydrogen-bond acceptors (Lipinski definition) is 1. The molecule has 0 aliphatic carbocycles. The molecule has 1 heterocycles. The van der Waals surface area contributed by atoms with Crippen molar-refractivity contribution in [2.24, 2.45) is 0 Å². The first-order valence-corrected chi connectivity index (χ1v) is 6.77. The molecule has 0 spiro atoms. The molecule has 4 heteroatoms. The summed E-state index contributed by atoms with van der Waals surface area (Å²) in [4.78, 5) is 3.15. The summed E-state index contributed by atoms with van der Waals surface area (Å²) in [6.45, 7) is 0.584. The standard InChI is InChI=1S/C15H12BrFN2/c16-12-2-1-3-13(17)15(12)19-9-10-4-5-14-11(8-10)6-7-18-14/h1-8,18-19H,9H2. The molecule has 1 aromatic heterocycles. The molecule has 3 aromatic rings. The zero-order valence-electron chi connectivity index (χ0n) is 10.1. The lowest BCUT2D eigenvalue weighted by Crippen LogP contribution is -2.02. The third-order valence-electron chi connectivity index (χ3n) is 3.05. The van der Waals surface area contributed by atoms with Crippen LogP contribution >= 0.6 is 15.9 Å². The Balaban J connectivity index is 1.82. The van der Waals surface area contributed by atoms with E-state index in [4.69, 9.17) is 0 Å². The van der Waals surface area contributed by atoms with E-state index in [2.05, 4.69) is 32.3 Å². The number of rotatable bonds is 3. The normalized spacial score (nSPS) is 10.8. The average Bonchev–Trinajstić information content (AvgIpc) is 2.85. The molecule has 0 saturated carbocycles. The zero-order chi connectivity index (χ0) is 13.2. The third kappa shape index (κ3) is 2.49. The second-order valence-electron chi connectivity index (χ2n) is 4.35. The number of halogens is 2. The van der Waals surface area contributed by atoms with Gasteiger partial charge in [-0.3, -0.25) is 0 Å². The molecule has 0 aliphatic rings. The fourth-order valence-electron chi connectivity index (χ4n) is 2.07. The van der Waals surface area contributed by atoms with E-state index >= 15 is 0 Å². The van der Waals surface area contributed by atoms with E-state index in [1.807, 2.05) is 30.5 Å². The molecule has 0 amide bonds. The summed E-state index contributed by atoms with van der Waals surface area (Å²) < 4.78 is 14.4. The van der Waals surface area contributed by atoms with Crippen LogP contribution in [0.3, 0.4) is 0 Å². The van der Waals surface area contributed by atoms with Crippen LogP contribution in [-0.2, 0) is 6.54 Å². The van der Waals surface area contributed by atoms with Crippen molar-refractivity contribution in [2.75, 3.05) is 5.32 Å². The number of para-hydroxylation sites is 1. The number of aromatic nitrogens is 1. The minimum Gasteiger partial charge on any atom is -0.378 e. The topological polar surface area (TPSA) is 27.8 Å². The number of aromatic amines is 1. The van der Waals surface area contributed by atoms with E-state index in [0.29, 0.717) is 12.2 Å². The first-order chi connectivity index (χ1) is 9.24. The smallest absolute Gasteiger partial charge is 0.147 e. The van der Waals surface area contributed by atoms with Crippen LogP contribution < -0.4 is 5.32 Å². The molecule has 0 atom stereocenters. The average molecular weight is 319 g/mol. The quantitative estimate of drug-likeness (QED) is 0.721. The van der Waals surface area contributed by atoms with E-state index < -0.39 is 0 Å². The maximum atomic E-state index is 13.7. The van der Waals surface area contributed by atoms with Crippen LogP contribution in [0.5, 0.6) is 0 Å². The third-order valence-corrected chi connectivity index (χ3v) is 3.71. The first kappa shape index (κ1) is 12.2. The molecule has 0 unspecified atom stereocenters. The highest BCUT2D eigenvalue weighted by atomic mass is 79.9. The predicted octanol–water partition coefficient (Wildman–Crippen LogP) is 4.68. The SMILES string of the molecule is Fc1cccc(Br)c1NCc1ccc2[nH]ccc2c1. The van der Waals surface area contributed by atoms with Gasteiger partial charge in [-0.25, -0.2) is 4.39 Å². The van der Waals surface area contributed by atoms with Gasteiger partial charge < -0.3 is 10.3 Å². The molecular weight excluding hydrogens is 307 g/mol. The summed E-state index contributed by atoms with van der Waals surface area (Å²) in [6, 6.07) is 13.1. The van der Waals surface area contributed by atoms with Crippen molar-refractivity contribution < 1.29 is 4.39 Å². The van der Waals surface area contributed by atoms with Crippen LogP contribution in [0.2, 0.25) is 0 Å². The van der Waals surface area contributed by atoms with Crippen LogP contribution in [0, 0.1) is 5.82 Å². The second-order valence-corrected chi connectivity index (χ2v) is 5.20. The van der Waals surface area contributed by atoms with Gasteiger partial charge in [-0.1, -0.05) is 12.1 Å². The predicted molar refractivity (Wildman–Crippen MR) is 79.7 cm³/mol. The summed E-state index contributed by atoms with van der Waals surface area (Å²) >= 11 is 3.35. The summed E-state index contributed by atoms with van der Waals surface area (Å²) in [6.07, 6.45) is 1.91. The highest BCUT2D eigenvalue weighted by molar-refractivity contribution is 9.10. The van der Waals surface area contributed by atoms with Gasteiger partial charge in [0.1, 0.15) is 5.82 Å². The Bertz CT molecular complexity index is 701. The van der Waals surface area contributed by atoms with Crippen molar-refractivity contribution in [3.05, 3.63) is 64.5 Å². The molecule has 0 saturated heterocycles. The Kier molecular flexibility index (Phi) is 3.25. The number of fused-ring (bicyclic) bond motifs is 1. The summed E-state index contributed by atoms with van der Waals surface area (Å²) in [5.41, 5.74) is 2.72. The molecule has 2 N–H and O–H groups in total. The number of anilines is 1. The van der Waals surface area contributed by atoms with Gasteiger partial charge >= 0.3 is 0 Å². The van der Waals surface area contributed by atoms with Gasteiger partial charge in [0.2, 0.25) is 0 Å². The maximum Gasteiger partial charge on any atom is 0.147 e. The fraction of sp³-hybridized carbons (Fsp3) is 0.0667. The van der Waals surface area contributed by atoms with Crippen molar-refractivity contribution >= 4 is 32.5 Å². The lowest BCUT2D eigenvalue weighted by atomic mass is 10.1. The summed E-state index contributed by atoms with van der Waals surface area (Å²) in [5.74, 6) is -0.253. The maximum absolute atomic E-state index is 13.7. The number of hydrogen-bond donors (Lipinski definition) is 2. The van der Waals surface area contributed by atoms with Crippen molar-refractivity contribution in [3.63, 3.8) is 0 Å². The molecule has 0 radical (unpaired) electrons. The van der Waals surface area contributed by atoms with Crippen molar-refractivity contribution in [3.8, 4) is 0 Å². The number of benzene rings is 2. The van der Waals surface area contributed by atoms with E-state index in [1.165, 1.54) is 6.07 Å². The molecule has 96 valence electrons. The zero-order valence-corrected chi connectivity index (χ0v) is 11.7. The minimum atomic E-state index is -0.253.